The van der Waals surface area contributed by atoms with E-state index < -0.39 is 0 Å². The first-order valence-electron chi connectivity index (χ1n) is 10.3. The first-order chi connectivity index (χ1) is 13.5. The van der Waals surface area contributed by atoms with E-state index in [0.717, 1.165) is 51.3 Å². The highest BCUT2D eigenvalue weighted by atomic mass is 16.2. The molecule has 3 heterocycles. The number of hydrogen-bond donors (Lipinski definition) is 1. The van der Waals surface area contributed by atoms with Gasteiger partial charge in [0.25, 0.3) is 5.91 Å². The van der Waals surface area contributed by atoms with E-state index in [2.05, 4.69) is 59.1 Å². The van der Waals surface area contributed by atoms with E-state index in [4.69, 9.17) is 0 Å². The number of hydrogen-bond acceptors (Lipinski definition) is 4. The van der Waals surface area contributed by atoms with Crippen molar-refractivity contribution >= 4 is 5.91 Å². The lowest BCUT2D eigenvalue weighted by Crippen LogP contribution is -2.36. The van der Waals surface area contributed by atoms with Gasteiger partial charge in [-0.2, -0.15) is 0 Å². The van der Waals surface area contributed by atoms with Crippen LogP contribution in [0.1, 0.15) is 51.8 Å². The number of imidazole rings is 1. The maximum atomic E-state index is 13.0. The Kier molecular flexibility index (Phi) is 5.51. The number of benzene rings is 1. The minimum atomic E-state index is 0.0645. The van der Waals surface area contributed by atoms with Crippen LogP contribution in [0, 0.1) is 0 Å². The smallest absolute Gasteiger partial charge is 0.272 e. The molecule has 0 bridgehead atoms. The number of aromatic nitrogens is 2. The SMILES string of the molecule is CN(C)Cc1ccc2c(c1)CCN(C(=O)c1cnc(C3CCN(C)CC3)[nH]1)C2. The van der Waals surface area contributed by atoms with E-state index in [0.29, 0.717) is 18.2 Å². The standard InChI is InChI=1S/C22H31N5O/c1-25(2)14-16-4-5-19-15-27(11-8-18(19)12-16)22(28)20-13-23-21(24-20)17-6-9-26(3)10-7-17/h4-5,12-13,17H,6-11,14-15H2,1-3H3,(H,23,24). The predicted molar refractivity (Wildman–Crippen MR) is 110 cm³/mol. The van der Waals surface area contributed by atoms with Gasteiger partial charge in [-0.05, 0) is 70.2 Å². The van der Waals surface area contributed by atoms with Gasteiger partial charge >= 0.3 is 0 Å². The number of likely N-dealkylation sites (tertiary alicyclic amines) is 1. The topological polar surface area (TPSA) is 55.5 Å². The van der Waals surface area contributed by atoms with Gasteiger partial charge in [-0.1, -0.05) is 18.2 Å². The quantitative estimate of drug-likeness (QED) is 0.884. The fourth-order valence-corrected chi connectivity index (χ4v) is 4.35. The molecule has 6 heteroatoms. The zero-order valence-electron chi connectivity index (χ0n) is 17.2. The molecule has 1 amide bonds. The summed E-state index contributed by atoms with van der Waals surface area (Å²) in [4.78, 5) is 27.3. The number of piperidine rings is 1. The zero-order valence-corrected chi connectivity index (χ0v) is 17.2. The van der Waals surface area contributed by atoms with Gasteiger partial charge in [0.1, 0.15) is 11.5 Å². The third-order valence-electron chi connectivity index (χ3n) is 6.00. The Morgan fingerprint density at radius 2 is 2.00 bits per heavy atom. The van der Waals surface area contributed by atoms with E-state index in [1.165, 1.54) is 16.7 Å². The highest BCUT2D eigenvalue weighted by molar-refractivity contribution is 5.92. The molecule has 0 unspecified atom stereocenters. The first kappa shape index (κ1) is 19.2. The molecular formula is C22H31N5O. The summed E-state index contributed by atoms with van der Waals surface area (Å²) in [7, 11) is 6.33. The predicted octanol–water partition coefficient (Wildman–Crippen LogP) is 2.48. The van der Waals surface area contributed by atoms with Gasteiger partial charge in [-0.15, -0.1) is 0 Å². The zero-order chi connectivity index (χ0) is 19.7. The molecule has 4 rings (SSSR count). The van der Waals surface area contributed by atoms with Crippen molar-refractivity contribution in [2.24, 2.45) is 0 Å². The van der Waals surface area contributed by atoms with Crippen molar-refractivity contribution in [3.8, 4) is 0 Å². The summed E-state index contributed by atoms with van der Waals surface area (Å²) in [5, 5.41) is 0. The second kappa shape index (κ2) is 8.05. The number of rotatable bonds is 4. The molecule has 2 aromatic rings. The van der Waals surface area contributed by atoms with Crippen LogP contribution in [0.4, 0.5) is 0 Å². The largest absolute Gasteiger partial charge is 0.338 e. The van der Waals surface area contributed by atoms with Gasteiger partial charge in [0.05, 0.1) is 6.20 Å². The van der Waals surface area contributed by atoms with Gasteiger partial charge < -0.3 is 19.7 Å². The van der Waals surface area contributed by atoms with Crippen molar-refractivity contribution in [2.45, 2.75) is 38.3 Å². The van der Waals surface area contributed by atoms with E-state index >= 15 is 0 Å². The monoisotopic (exact) mass is 381 g/mol. The maximum absolute atomic E-state index is 13.0. The normalized spacial score (nSPS) is 18.5. The fraction of sp³-hybridized carbons (Fsp3) is 0.545. The van der Waals surface area contributed by atoms with Crippen molar-refractivity contribution in [3.05, 3.63) is 52.6 Å². The number of H-pyrrole nitrogens is 1. The van der Waals surface area contributed by atoms with Crippen LogP contribution < -0.4 is 0 Å². The third-order valence-corrected chi connectivity index (χ3v) is 6.00. The summed E-state index contributed by atoms with van der Waals surface area (Å²) >= 11 is 0. The van der Waals surface area contributed by atoms with Gasteiger partial charge in [-0.25, -0.2) is 4.98 Å². The van der Waals surface area contributed by atoms with Crippen LogP contribution in [-0.2, 0) is 19.5 Å². The van der Waals surface area contributed by atoms with Crippen LogP contribution >= 0.6 is 0 Å². The summed E-state index contributed by atoms with van der Waals surface area (Å²) < 4.78 is 0. The number of amides is 1. The number of carbonyl (C=O) groups excluding carboxylic acids is 1. The van der Waals surface area contributed by atoms with Crippen molar-refractivity contribution < 1.29 is 4.79 Å². The van der Waals surface area contributed by atoms with Crippen LogP contribution in [-0.4, -0.2) is 71.4 Å². The molecule has 6 nitrogen and oxygen atoms in total. The Morgan fingerprint density at radius 1 is 1.21 bits per heavy atom. The molecule has 0 saturated carbocycles. The lowest BCUT2D eigenvalue weighted by molar-refractivity contribution is 0.0729. The Labute approximate surface area is 167 Å². The van der Waals surface area contributed by atoms with Crippen molar-refractivity contribution in [1.29, 1.82) is 0 Å². The van der Waals surface area contributed by atoms with Gasteiger partial charge in [0.2, 0.25) is 0 Å². The molecule has 2 aliphatic heterocycles. The molecule has 0 atom stereocenters. The fourth-order valence-electron chi connectivity index (χ4n) is 4.35. The van der Waals surface area contributed by atoms with E-state index in [9.17, 15) is 4.79 Å². The van der Waals surface area contributed by atoms with Crippen molar-refractivity contribution in [2.75, 3.05) is 40.8 Å². The number of fused-ring (bicyclic) bond motifs is 1. The van der Waals surface area contributed by atoms with Crippen LogP contribution in [0.15, 0.2) is 24.4 Å². The average molecular weight is 382 g/mol. The lowest BCUT2D eigenvalue weighted by atomic mass is 9.96. The van der Waals surface area contributed by atoms with Crippen LogP contribution in [0.5, 0.6) is 0 Å². The third kappa shape index (κ3) is 4.13. The second-order valence-electron chi connectivity index (χ2n) is 8.58. The Balaban J connectivity index is 1.42. The number of carbonyl (C=O) groups is 1. The molecule has 1 aromatic carbocycles. The van der Waals surface area contributed by atoms with Crippen LogP contribution in [0.3, 0.4) is 0 Å². The molecule has 0 spiro atoms. The van der Waals surface area contributed by atoms with E-state index in [-0.39, 0.29) is 5.91 Å². The number of nitrogens with one attached hydrogen (secondary N) is 1. The molecule has 2 aliphatic rings. The van der Waals surface area contributed by atoms with Crippen LogP contribution in [0.2, 0.25) is 0 Å². The number of nitrogens with zero attached hydrogens (tertiary/aromatic N) is 4. The van der Waals surface area contributed by atoms with E-state index in [1.54, 1.807) is 6.20 Å². The second-order valence-corrected chi connectivity index (χ2v) is 8.58. The molecule has 1 saturated heterocycles. The summed E-state index contributed by atoms with van der Waals surface area (Å²) in [6.07, 6.45) is 4.85. The highest BCUT2D eigenvalue weighted by Gasteiger charge is 2.26. The maximum Gasteiger partial charge on any atom is 0.272 e. The van der Waals surface area contributed by atoms with Crippen molar-refractivity contribution in [3.63, 3.8) is 0 Å². The molecular weight excluding hydrogens is 350 g/mol. The molecule has 1 N–H and O–H groups in total. The molecule has 150 valence electrons. The lowest BCUT2D eigenvalue weighted by Gasteiger charge is -2.29. The molecule has 0 radical (unpaired) electrons. The molecule has 0 aliphatic carbocycles. The summed E-state index contributed by atoms with van der Waals surface area (Å²) in [5.41, 5.74) is 4.60. The molecule has 1 fully saturated rings. The summed E-state index contributed by atoms with van der Waals surface area (Å²) in [6.45, 7) is 4.57. The van der Waals surface area contributed by atoms with Gasteiger partial charge in [0, 0.05) is 25.6 Å². The van der Waals surface area contributed by atoms with Gasteiger partial charge in [-0.3, -0.25) is 4.79 Å². The summed E-state index contributed by atoms with van der Waals surface area (Å²) in [5.74, 6) is 1.48. The Hall–Kier alpha value is -2.18. The highest BCUT2D eigenvalue weighted by Crippen LogP contribution is 2.26. The number of aromatic amines is 1. The average Bonchev–Trinajstić information content (AvgIpc) is 3.17. The van der Waals surface area contributed by atoms with E-state index in [1.807, 2.05) is 4.90 Å². The Bertz CT molecular complexity index is 835. The first-order valence-corrected chi connectivity index (χ1v) is 10.3. The molecule has 28 heavy (non-hydrogen) atoms. The minimum absolute atomic E-state index is 0.0645. The Morgan fingerprint density at radius 3 is 2.75 bits per heavy atom. The molecule has 1 aromatic heterocycles. The van der Waals surface area contributed by atoms with Crippen LogP contribution in [0.25, 0.3) is 0 Å². The minimum Gasteiger partial charge on any atom is -0.338 e. The van der Waals surface area contributed by atoms with Gasteiger partial charge in [0.15, 0.2) is 0 Å². The summed E-state index contributed by atoms with van der Waals surface area (Å²) in [6, 6.07) is 6.66. The van der Waals surface area contributed by atoms with Crippen molar-refractivity contribution in [1.82, 2.24) is 24.7 Å².